The second-order valence-electron chi connectivity index (χ2n) is 5.49. The van der Waals surface area contributed by atoms with E-state index in [0.717, 1.165) is 11.0 Å². The molecule has 1 heterocycles. The summed E-state index contributed by atoms with van der Waals surface area (Å²) in [6.45, 7) is 0. The quantitative estimate of drug-likeness (QED) is 0.227. The Morgan fingerprint density at radius 2 is 1.78 bits per heavy atom. The van der Waals surface area contributed by atoms with Crippen LogP contribution in [0.1, 0.15) is 10.4 Å². The summed E-state index contributed by atoms with van der Waals surface area (Å²) in [6.07, 6.45) is 0.441. The predicted molar refractivity (Wildman–Crippen MR) is 99.4 cm³/mol. The second-order valence-corrected chi connectivity index (χ2v) is 5.49. The lowest BCUT2D eigenvalue weighted by Gasteiger charge is -2.22. The summed E-state index contributed by atoms with van der Waals surface area (Å²) in [5.74, 6) is 4.69. The van der Waals surface area contributed by atoms with Gasteiger partial charge in [-0.15, -0.1) is 0 Å². The van der Waals surface area contributed by atoms with E-state index in [1.54, 1.807) is 48.5 Å². The number of hydrazine groups is 1. The van der Waals surface area contributed by atoms with Crippen LogP contribution in [0.3, 0.4) is 0 Å². The van der Waals surface area contributed by atoms with Crippen LogP contribution in [0.2, 0.25) is 0 Å². The maximum atomic E-state index is 12.3. The molecule has 0 aliphatic carbocycles. The molecule has 3 rings (SSSR count). The minimum atomic E-state index is -0.763. The minimum absolute atomic E-state index is 0.0405. The summed E-state index contributed by atoms with van der Waals surface area (Å²) in [4.78, 5) is 52.8. The van der Waals surface area contributed by atoms with Crippen molar-refractivity contribution in [2.45, 2.75) is 0 Å². The summed E-state index contributed by atoms with van der Waals surface area (Å²) < 4.78 is 0. The van der Waals surface area contributed by atoms with Crippen LogP contribution in [0.4, 0.5) is 11.5 Å². The Morgan fingerprint density at radius 1 is 1.04 bits per heavy atom. The van der Waals surface area contributed by atoms with Gasteiger partial charge in [-0.3, -0.25) is 34.7 Å². The maximum absolute atomic E-state index is 12.3. The molecular formula is C18H15N5O4. The number of anilines is 2. The Bertz CT molecular complexity index is 1080. The van der Waals surface area contributed by atoms with Gasteiger partial charge in [0.15, 0.2) is 0 Å². The van der Waals surface area contributed by atoms with Crippen LogP contribution in [-0.2, 0) is 4.79 Å². The number of carbonyl (C=O) groups is 2. The largest absolute Gasteiger partial charge is 0.327 e. The van der Waals surface area contributed by atoms with E-state index >= 15 is 0 Å². The molecule has 27 heavy (non-hydrogen) atoms. The van der Waals surface area contributed by atoms with E-state index in [2.05, 4.69) is 10.4 Å². The molecule has 5 N–H and O–H groups in total. The van der Waals surface area contributed by atoms with Gasteiger partial charge in [-0.25, -0.2) is 10.6 Å². The molecule has 3 aromatic rings. The fourth-order valence-electron chi connectivity index (χ4n) is 2.74. The molecule has 0 saturated heterocycles. The Morgan fingerprint density at radius 3 is 2.41 bits per heavy atom. The summed E-state index contributed by atoms with van der Waals surface area (Å²) in [6, 6.07) is 14.6. The molecule has 0 aliphatic rings. The lowest BCUT2D eigenvalue weighted by atomic mass is 9.96. The molecule has 0 atom stereocenters. The molecule has 0 radical (unpaired) electrons. The standard InChI is InChI=1S/C18H15N5O4/c19-22-17(26)12-7-4-8-13(16(12)11-5-2-1-3-6-11)23(10-24)14-9-15(25)21-18(27)20-14/h1-10H,19H2,(H,22,26)(H2,20,21,25,27). The van der Waals surface area contributed by atoms with E-state index in [4.69, 9.17) is 5.84 Å². The molecule has 1 aromatic heterocycles. The number of nitrogen functional groups attached to an aromatic ring is 1. The Hall–Kier alpha value is -3.98. The van der Waals surface area contributed by atoms with E-state index in [0.29, 0.717) is 23.2 Å². The van der Waals surface area contributed by atoms with Crippen molar-refractivity contribution in [2.24, 2.45) is 5.84 Å². The van der Waals surface area contributed by atoms with Crippen LogP contribution in [0.25, 0.3) is 11.1 Å². The van der Waals surface area contributed by atoms with E-state index in [9.17, 15) is 19.2 Å². The summed E-state index contributed by atoms with van der Waals surface area (Å²) in [7, 11) is 0. The molecule has 136 valence electrons. The highest BCUT2D eigenvalue weighted by Crippen LogP contribution is 2.36. The fraction of sp³-hybridized carbons (Fsp3) is 0. The molecule has 2 amide bonds. The summed E-state index contributed by atoms with van der Waals surface area (Å²) in [5, 5.41) is 0. The monoisotopic (exact) mass is 365 g/mol. The maximum Gasteiger partial charge on any atom is 0.327 e. The first-order valence-corrected chi connectivity index (χ1v) is 7.82. The van der Waals surface area contributed by atoms with Gasteiger partial charge >= 0.3 is 5.69 Å². The van der Waals surface area contributed by atoms with Crippen molar-refractivity contribution in [2.75, 3.05) is 4.90 Å². The van der Waals surface area contributed by atoms with Gasteiger partial charge < -0.3 is 0 Å². The molecule has 0 aliphatic heterocycles. The summed E-state index contributed by atoms with van der Waals surface area (Å²) in [5.41, 5.74) is 2.21. The second kappa shape index (κ2) is 7.50. The van der Waals surface area contributed by atoms with Gasteiger partial charge in [-0.05, 0) is 17.7 Å². The van der Waals surface area contributed by atoms with Gasteiger partial charge in [0.2, 0.25) is 6.41 Å². The third kappa shape index (κ3) is 3.53. The normalized spacial score (nSPS) is 10.3. The van der Waals surface area contributed by atoms with E-state index in [1.807, 2.05) is 4.98 Å². The Kier molecular flexibility index (Phi) is 4.95. The topological polar surface area (TPSA) is 141 Å². The van der Waals surface area contributed by atoms with Gasteiger partial charge in [-0.2, -0.15) is 0 Å². The first-order valence-electron chi connectivity index (χ1n) is 7.82. The van der Waals surface area contributed by atoms with Crippen molar-refractivity contribution >= 4 is 23.8 Å². The van der Waals surface area contributed by atoms with Gasteiger partial charge in [0.1, 0.15) is 5.82 Å². The lowest BCUT2D eigenvalue weighted by molar-refractivity contribution is -0.106. The smallest absolute Gasteiger partial charge is 0.293 e. The number of hydrogen-bond donors (Lipinski definition) is 4. The first-order chi connectivity index (χ1) is 13.0. The number of amides is 2. The Labute approximate surface area is 152 Å². The number of rotatable bonds is 5. The summed E-state index contributed by atoms with van der Waals surface area (Å²) >= 11 is 0. The van der Waals surface area contributed by atoms with Crippen LogP contribution >= 0.6 is 0 Å². The molecule has 9 nitrogen and oxygen atoms in total. The van der Waals surface area contributed by atoms with Crippen molar-refractivity contribution < 1.29 is 9.59 Å². The van der Waals surface area contributed by atoms with Crippen molar-refractivity contribution in [3.05, 3.63) is 81.0 Å². The van der Waals surface area contributed by atoms with Gasteiger partial charge in [0.25, 0.3) is 11.5 Å². The van der Waals surface area contributed by atoms with Crippen LogP contribution < -0.4 is 27.4 Å². The zero-order chi connectivity index (χ0) is 19.4. The van der Waals surface area contributed by atoms with E-state index in [-0.39, 0.29) is 11.4 Å². The molecule has 0 unspecified atom stereocenters. The number of carbonyl (C=O) groups excluding carboxylic acids is 2. The van der Waals surface area contributed by atoms with Crippen LogP contribution in [0, 0.1) is 0 Å². The number of benzene rings is 2. The van der Waals surface area contributed by atoms with Gasteiger partial charge in [-0.1, -0.05) is 36.4 Å². The average molecular weight is 365 g/mol. The Balaban J connectivity index is 2.31. The zero-order valence-corrected chi connectivity index (χ0v) is 13.9. The molecule has 0 saturated carbocycles. The third-order valence-electron chi connectivity index (χ3n) is 3.85. The minimum Gasteiger partial charge on any atom is -0.293 e. The lowest BCUT2D eigenvalue weighted by Crippen LogP contribution is -2.31. The highest BCUT2D eigenvalue weighted by Gasteiger charge is 2.21. The van der Waals surface area contributed by atoms with Crippen molar-refractivity contribution in [1.82, 2.24) is 15.4 Å². The van der Waals surface area contributed by atoms with Gasteiger partial charge in [0.05, 0.1) is 11.3 Å². The van der Waals surface area contributed by atoms with Crippen LogP contribution in [-0.4, -0.2) is 22.3 Å². The van der Waals surface area contributed by atoms with E-state index < -0.39 is 17.2 Å². The number of aromatic amines is 2. The van der Waals surface area contributed by atoms with Crippen molar-refractivity contribution in [3.63, 3.8) is 0 Å². The number of aromatic nitrogens is 2. The molecular weight excluding hydrogens is 350 g/mol. The molecule has 9 heteroatoms. The fourth-order valence-corrected chi connectivity index (χ4v) is 2.74. The predicted octanol–water partition coefficient (Wildman–Crippen LogP) is 0.628. The van der Waals surface area contributed by atoms with Crippen molar-refractivity contribution in [1.29, 1.82) is 0 Å². The van der Waals surface area contributed by atoms with E-state index in [1.165, 1.54) is 0 Å². The molecule has 0 fully saturated rings. The number of nitrogens with zero attached hydrogens (tertiary/aromatic N) is 1. The van der Waals surface area contributed by atoms with Crippen molar-refractivity contribution in [3.8, 4) is 11.1 Å². The zero-order valence-electron chi connectivity index (χ0n) is 13.9. The third-order valence-corrected chi connectivity index (χ3v) is 3.85. The number of nitrogens with two attached hydrogens (primary N) is 1. The SMILES string of the molecule is NNC(=O)c1cccc(N(C=O)c2cc(=O)[nH]c(=O)[nH]2)c1-c1ccccc1. The highest BCUT2D eigenvalue weighted by atomic mass is 16.2. The molecule has 2 aromatic carbocycles. The van der Waals surface area contributed by atoms with Gasteiger partial charge in [0, 0.05) is 11.6 Å². The molecule has 0 bridgehead atoms. The average Bonchev–Trinajstić information content (AvgIpc) is 2.67. The number of hydrogen-bond acceptors (Lipinski definition) is 5. The molecule has 0 spiro atoms. The highest BCUT2D eigenvalue weighted by molar-refractivity contribution is 6.06. The van der Waals surface area contributed by atoms with Crippen LogP contribution in [0.15, 0.2) is 64.2 Å². The number of nitrogens with one attached hydrogen (secondary N) is 3. The van der Waals surface area contributed by atoms with Crippen LogP contribution in [0.5, 0.6) is 0 Å². The number of H-pyrrole nitrogens is 2. The first kappa shape index (κ1) is 17.8.